The number of benzene rings is 1. The highest BCUT2D eigenvalue weighted by atomic mass is 16.4. The maximum atomic E-state index is 13.4. The van der Waals surface area contributed by atoms with E-state index in [0.29, 0.717) is 19.4 Å². The van der Waals surface area contributed by atoms with E-state index >= 15 is 0 Å². The molecule has 12 nitrogen and oxygen atoms in total. The highest BCUT2D eigenvalue weighted by molar-refractivity contribution is 5.94. The van der Waals surface area contributed by atoms with Gasteiger partial charge in [0.15, 0.2) is 5.96 Å². The van der Waals surface area contributed by atoms with E-state index < -0.39 is 47.9 Å². The number of hydrogen-bond acceptors (Lipinski definition) is 6. The van der Waals surface area contributed by atoms with Gasteiger partial charge >= 0.3 is 5.97 Å². The lowest BCUT2D eigenvalue weighted by Crippen LogP contribution is -2.58. The summed E-state index contributed by atoms with van der Waals surface area (Å²) in [4.78, 5) is 54.9. The first-order chi connectivity index (χ1) is 18.3. The number of rotatable bonds is 17. The number of amides is 3. The molecule has 1 rings (SSSR count). The number of carboxylic acids is 1. The molecule has 4 unspecified atom stereocenters. The fourth-order valence-electron chi connectivity index (χ4n) is 3.93. The molecule has 0 saturated carbocycles. The van der Waals surface area contributed by atoms with Crippen LogP contribution in [0, 0.1) is 11.8 Å². The Morgan fingerprint density at radius 3 is 1.87 bits per heavy atom. The molecule has 10 N–H and O–H groups in total. The molecule has 0 aliphatic carbocycles. The normalized spacial score (nSPS) is 14.1. The SMILES string of the molecule is CC(C)CC(NC(=O)C(CC(C)C)NC(=O)C(Cc1ccccc1)NC(=O)C(N)CCCN=C(N)N)C(=O)O. The lowest BCUT2D eigenvalue weighted by atomic mass is 9.99. The molecule has 0 aromatic heterocycles. The fraction of sp³-hybridized carbons (Fsp3) is 0.593. The lowest BCUT2D eigenvalue weighted by molar-refractivity contribution is -0.143. The average molecular weight is 548 g/mol. The highest BCUT2D eigenvalue weighted by Gasteiger charge is 2.31. The molecule has 12 heteroatoms. The third kappa shape index (κ3) is 13.6. The number of carbonyl (C=O) groups is 4. The van der Waals surface area contributed by atoms with Crippen LogP contribution in [0.5, 0.6) is 0 Å². The Hall–Kier alpha value is -3.67. The van der Waals surface area contributed by atoms with Gasteiger partial charge in [0.05, 0.1) is 6.04 Å². The van der Waals surface area contributed by atoms with Gasteiger partial charge < -0.3 is 38.3 Å². The zero-order chi connectivity index (χ0) is 29.5. The number of aliphatic carboxylic acids is 1. The van der Waals surface area contributed by atoms with E-state index in [9.17, 15) is 24.3 Å². The third-order valence-electron chi connectivity index (χ3n) is 5.88. The molecule has 0 aliphatic rings. The van der Waals surface area contributed by atoms with Gasteiger partial charge in [-0.2, -0.15) is 0 Å². The van der Waals surface area contributed by atoms with Crippen molar-refractivity contribution < 1.29 is 24.3 Å². The van der Waals surface area contributed by atoms with Gasteiger partial charge in [-0.1, -0.05) is 58.0 Å². The molecule has 0 heterocycles. The molecule has 0 aliphatic heterocycles. The Bertz CT molecular complexity index is 965. The summed E-state index contributed by atoms with van der Waals surface area (Å²) in [7, 11) is 0. The molecule has 0 saturated heterocycles. The predicted octanol–water partition coefficient (Wildman–Crippen LogP) is 0.241. The Kier molecular flexibility index (Phi) is 14.6. The largest absolute Gasteiger partial charge is 0.480 e. The molecule has 0 bridgehead atoms. The van der Waals surface area contributed by atoms with E-state index in [1.54, 1.807) is 0 Å². The van der Waals surface area contributed by atoms with Crippen molar-refractivity contribution in [1.82, 2.24) is 16.0 Å². The standard InChI is InChI=1S/C27H45N7O5/c1-16(2)13-20(24(36)34-22(26(38)39)14-17(3)4)33-25(37)21(15-18-9-6-5-7-10-18)32-23(35)19(28)11-8-12-31-27(29)30/h5-7,9-10,16-17,19-22H,8,11-15,28H2,1-4H3,(H,32,35)(H,33,37)(H,34,36)(H,38,39)(H4,29,30,31). The second-order valence-corrected chi connectivity index (χ2v) is 10.5. The van der Waals surface area contributed by atoms with Gasteiger partial charge in [-0.25, -0.2) is 4.79 Å². The molecule has 4 atom stereocenters. The molecule has 3 amide bonds. The van der Waals surface area contributed by atoms with Crippen LogP contribution in [0.15, 0.2) is 35.3 Å². The summed E-state index contributed by atoms with van der Waals surface area (Å²) in [6, 6.07) is 5.13. The molecule has 218 valence electrons. The van der Waals surface area contributed by atoms with Crippen LogP contribution < -0.4 is 33.2 Å². The van der Waals surface area contributed by atoms with Crippen LogP contribution in [-0.4, -0.2) is 65.5 Å². The molecule has 39 heavy (non-hydrogen) atoms. The summed E-state index contributed by atoms with van der Waals surface area (Å²) in [6.07, 6.45) is 1.46. The van der Waals surface area contributed by atoms with Gasteiger partial charge in [-0.15, -0.1) is 0 Å². The smallest absolute Gasteiger partial charge is 0.326 e. The second-order valence-electron chi connectivity index (χ2n) is 10.5. The summed E-state index contributed by atoms with van der Waals surface area (Å²) < 4.78 is 0. The molecular weight excluding hydrogens is 502 g/mol. The first kappa shape index (κ1) is 33.4. The second kappa shape index (κ2) is 17.0. The number of nitrogens with zero attached hydrogens (tertiary/aromatic N) is 1. The van der Waals surface area contributed by atoms with E-state index in [-0.39, 0.29) is 37.1 Å². The predicted molar refractivity (Wildman–Crippen MR) is 150 cm³/mol. The first-order valence-electron chi connectivity index (χ1n) is 13.3. The Labute approximate surface area is 230 Å². The van der Waals surface area contributed by atoms with Crippen molar-refractivity contribution in [3.63, 3.8) is 0 Å². The molecule has 0 spiro atoms. The van der Waals surface area contributed by atoms with Crippen molar-refractivity contribution in [3.8, 4) is 0 Å². The van der Waals surface area contributed by atoms with Crippen molar-refractivity contribution in [3.05, 3.63) is 35.9 Å². The maximum absolute atomic E-state index is 13.4. The average Bonchev–Trinajstić information content (AvgIpc) is 2.84. The van der Waals surface area contributed by atoms with Gasteiger partial charge in [-0.05, 0) is 43.1 Å². The van der Waals surface area contributed by atoms with Gasteiger partial charge in [0, 0.05) is 13.0 Å². The Balaban J connectivity index is 3.05. The molecule has 1 aromatic rings. The minimum Gasteiger partial charge on any atom is -0.480 e. The fourth-order valence-corrected chi connectivity index (χ4v) is 3.93. The van der Waals surface area contributed by atoms with Crippen LogP contribution in [0.25, 0.3) is 0 Å². The minimum atomic E-state index is -1.14. The topological polar surface area (TPSA) is 215 Å². The van der Waals surface area contributed by atoms with Crippen LogP contribution in [-0.2, 0) is 25.6 Å². The van der Waals surface area contributed by atoms with Crippen molar-refractivity contribution >= 4 is 29.7 Å². The van der Waals surface area contributed by atoms with Crippen molar-refractivity contribution in [2.24, 2.45) is 34.0 Å². The summed E-state index contributed by atoms with van der Waals surface area (Å²) in [5.41, 5.74) is 17.5. The maximum Gasteiger partial charge on any atom is 0.326 e. The van der Waals surface area contributed by atoms with Gasteiger partial charge in [0.2, 0.25) is 17.7 Å². The van der Waals surface area contributed by atoms with E-state index in [4.69, 9.17) is 17.2 Å². The third-order valence-corrected chi connectivity index (χ3v) is 5.88. The van der Waals surface area contributed by atoms with Crippen LogP contribution in [0.4, 0.5) is 0 Å². The summed E-state index contributed by atoms with van der Waals surface area (Å²) in [5, 5.41) is 17.5. The van der Waals surface area contributed by atoms with Gasteiger partial charge in [-0.3, -0.25) is 19.4 Å². The van der Waals surface area contributed by atoms with Crippen LogP contribution in [0.2, 0.25) is 0 Å². The van der Waals surface area contributed by atoms with Gasteiger partial charge in [0.25, 0.3) is 0 Å². The van der Waals surface area contributed by atoms with Crippen molar-refractivity contribution in [2.45, 2.75) is 84.0 Å². The van der Waals surface area contributed by atoms with E-state index in [0.717, 1.165) is 5.56 Å². The van der Waals surface area contributed by atoms with Crippen LogP contribution >= 0.6 is 0 Å². The molecule has 0 fully saturated rings. The number of aliphatic imine (C=N–C) groups is 1. The van der Waals surface area contributed by atoms with E-state index in [2.05, 4.69) is 20.9 Å². The Morgan fingerprint density at radius 1 is 0.821 bits per heavy atom. The van der Waals surface area contributed by atoms with Crippen LogP contribution in [0.1, 0.15) is 58.9 Å². The number of hydrogen-bond donors (Lipinski definition) is 7. The van der Waals surface area contributed by atoms with Crippen LogP contribution in [0.3, 0.4) is 0 Å². The first-order valence-corrected chi connectivity index (χ1v) is 13.3. The van der Waals surface area contributed by atoms with E-state index in [1.165, 1.54) is 0 Å². The zero-order valence-corrected chi connectivity index (χ0v) is 23.4. The quantitative estimate of drug-likeness (QED) is 0.0812. The van der Waals surface area contributed by atoms with Crippen molar-refractivity contribution in [2.75, 3.05) is 6.54 Å². The minimum absolute atomic E-state index is 0.0234. The number of nitrogens with two attached hydrogens (primary N) is 3. The van der Waals surface area contributed by atoms with E-state index in [1.807, 2.05) is 58.0 Å². The molecule has 1 aromatic carbocycles. The van der Waals surface area contributed by atoms with Gasteiger partial charge in [0.1, 0.15) is 18.1 Å². The Morgan fingerprint density at radius 2 is 1.33 bits per heavy atom. The lowest BCUT2D eigenvalue weighted by Gasteiger charge is -2.26. The number of nitrogens with one attached hydrogen (secondary N) is 3. The molecular formula is C27H45N7O5. The zero-order valence-electron chi connectivity index (χ0n) is 23.4. The monoisotopic (exact) mass is 547 g/mol. The number of carboxylic acid groups (broad SMARTS) is 1. The summed E-state index contributed by atoms with van der Waals surface area (Å²) >= 11 is 0. The highest BCUT2D eigenvalue weighted by Crippen LogP contribution is 2.11. The summed E-state index contributed by atoms with van der Waals surface area (Å²) in [5.74, 6) is -2.82. The van der Waals surface area contributed by atoms with Crippen molar-refractivity contribution in [1.29, 1.82) is 0 Å². The molecule has 0 radical (unpaired) electrons. The number of guanidine groups is 1. The summed E-state index contributed by atoms with van der Waals surface area (Å²) in [6.45, 7) is 7.81. The number of carbonyl (C=O) groups excluding carboxylic acids is 3.